The third-order valence-corrected chi connectivity index (χ3v) is 10.5. The van der Waals surface area contributed by atoms with Crippen molar-refractivity contribution in [3.8, 4) is 34.8 Å². The minimum Gasteiger partial charge on any atom is -0.487 e. The van der Waals surface area contributed by atoms with Gasteiger partial charge >= 0.3 is 6.01 Å². The van der Waals surface area contributed by atoms with E-state index in [1.807, 2.05) is 20.0 Å². The van der Waals surface area contributed by atoms with Crippen molar-refractivity contribution in [3.63, 3.8) is 0 Å². The summed E-state index contributed by atoms with van der Waals surface area (Å²) in [5.41, 5.74) is 6.16. The monoisotopic (exact) mass is 640 g/mol. The second-order valence-corrected chi connectivity index (χ2v) is 13.3. The van der Waals surface area contributed by atoms with Crippen LogP contribution in [0.15, 0.2) is 12.1 Å². The van der Waals surface area contributed by atoms with Crippen LogP contribution in [0.5, 0.6) is 17.6 Å². The molecule has 4 aromatic rings. The van der Waals surface area contributed by atoms with Gasteiger partial charge in [-0.1, -0.05) is 17.7 Å². The summed E-state index contributed by atoms with van der Waals surface area (Å²) in [5, 5.41) is 10.3. The van der Waals surface area contributed by atoms with Crippen molar-refractivity contribution in [2.45, 2.75) is 44.4 Å². The summed E-state index contributed by atoms with van der Waals surface area (Å²) in [7, 11) is 4.10. The zero-order valence-corrected chi connectivity index (χ0v) is 26.1. The highest BCUT2D eigenvalue weighted by molar-refractivity contribution is 7.23. The van der Waals surface area contributed by atoms with E-state index in [1.54, 1.807) is 0 Å². The molecule has 7 rings (SSSR count). The maximum Gasteiger partial charge on any atom is 0.320 e. The molecule has 2 aromatic heterocycles. The molecular weight excluding hydrogens is 610 g/mol. The Balaban J connectivity index is 1.44. The number of nitriles is 1. The molecule has 2 unspecified atom stereocenters. The Morgan fingerprint density at radius 1 is 1.20 bits per heavy atom. The fourth-order valence-electron chi connectivity index (χ4n) is 6.86. The number of likely N-dealkylation sites (N-methyl/N-ethyl adjacent to an activating group) is 1. The topological polar surface area (TPSA) is 110 Å². The third kappa shape index (κ3) is 4.68. The molecule has 0 saturated carbocycles. The SMILES string of the molecule is C[C@H](Oc1nc2c3c(c(Cl)c(-c4ccc(F)c5sc(N)c(C#N)c45)c(F)c3n1)OCC(C1CCN(C)C1)O2)[C@@H]1CCCN1C. The first-order chi connectivity index (χ1) is 21.2. The van der Waals surface area contributed by atoms with Crippen LogP contribution in [-0.4, -0.2) is 78.4 Å². The molecule has 5 heterocycles. The molecule has 3 aliphatic rings. The first-order valence-corrected chi connectivity index (χ1v) is 15.8. The standard InChI is InChI=1S/C31H31ClF2N6O3S/c1-14(19-5-4-9-40(19)3)42-31-37-26-23-27(41-13-20(43-30(23)38-31)15-8-10-39(2)12-15)24(32)22(25(26)34)16-6-7-18(33)28-21(16)17(11-35)29(36)44-28/h6-7,14-15,19-20H,4-5,8-10,12-13,36H2,1-3H3/t14-,15?,19-,20?/m0/s1. The summed E-state index contributed by atoms with van der Waals surface area (Å²) >= 11 is 7.91. The van der Waals surface area contributed by atoms with Gasteiger partial charge in [0.25, 0.3) is 0 Å². The van der Waals surface area contributed by atoms with Crippen molar-refractivity contribution >= 4 is 48.9 Å². The molecule has 0 aliphatic carbocycles. The normalized spacial score (nSPS) is 23.0. The third-order valence-electron chi connectivity index (χ3n) is 9.15. The highest BCUT2D eigenvalue weighted by Gasteiger charge is 2.37. The highest BCUT2D eigenvalue weighted by Crippen LogP contribution is 2.51. The van der Waals surface area contributed by atoms with Crippen molar-refractivity contribution in [1.29, 1.82) is 5.26 Å². The van der Waals surface area contributed by atoms with E-state index in [9.17, 15) is 9.65 Å². The van der Waals surface area contributed by atoms with E-state index in [0.717, 1.165) is 50.2 Å². The van der Waals surface area contributed by atoms with Gasteiger partial charge in [0.15, 0.2) is 11.6 Å². The van der Waals surface area contributed by atoms with Gasteiger partial charge in [-0.15, -0.1) is 11.3 Å². The molecule has 2 saturated heterocycles. The number of nitrogens with zero attached hydrogens (tertiary/aromatic N) is 5. The van der Waals surface area contributed by atoms with Crippen LogP contribution in [0.1, 0.15) is 31.7 Å². The minimum atomic E-state index is -0.791. The fraction of sp³-hybridized carbons (Fsp3) is 0.452. The first-order valence-electron chi connectivity index (χ1n) is 14.6. The van der Waals surface area contributed by atoms with E-state index in [4.69, 9.17) is 31.5 Å². The van der Waals surface area contributed by atoms with E-state index in [1.165, 1.54) is 12.1 Å². The lowest BCUT2D eigenvalue weighted by molar-refractivity contribution is 0.0824. The molecule has 44 heavy (non-hydrogen) atoms. The summed E-state index contributed by atoms with van der Waals surface area (Å²) < 4.78 is 51.0. The number of rotatable bonds is 5. The molecule has 13 heteroatoms. The van der Waals surface area contributed by atoms with E-state index < -0.39 is 11.6 Å². The van der Waals surface area contributed by atoms with Crippen molar-refractivity contribution in [2.24, 2.45) is 5.92 Å². The first kappa shape index (κ1) is 29.2. The molecule has 0 amide bonds. The smallest absolute Gasteiger partial charge is 0.320 e. The van der Waals surface area contributed by atoms with Gasteiger partial charge in [-0.25, -0.2) is 8.78 Å². The van der Waals surface area contributed by atoms with Crippen molar-refractivity contribution in [3.05, 3.63) is 34.4 Å². The molecule has 0 spiro atoms. The maximum atomic E-state index is 16.9. The van der Waals surface area contributed by atoms with Gasteiger partial charge in [0.2, 0.25) is 5.88 Å². The lowest BCUT2D eigenvalue weighted by atomic mass is 9.96. The van der Waals surface area contributed by atoms with Crippen LogP contribution in [0, 0.1) is 28.9 Å². The molecule has 4 atom stereocenters. The van der Waals surface area contributed by atoms with Crippen LogP contribution in [-0.2, 0) is 0 Å². The molecule has 9 nitrogen and oxygen atoms in total. The predicted molar refractivity (Wildman–Crippen MR) is 166 cm³/mol. The second kappa shape index (κ2) is 11.1. The van der Waals surface area contributed by atoms with Crippen molar-refractivity contribution in [2.75, 3.05) is 46.1 Å². The predicted octanol–water partition coefficient (Wildman–Crippen LogP) is 5.85. The van der Waals surface area contributed by atoms with Gasteiger partial charge < -0.3 is 24.8 Å². The number of likely N-dealkylation sites (tertiary alicyclic amines) is 2. The van der Waals surface area contributed by atoms with Gasteiger partial charge in [0.1, 0.15) is 46.6 Å². The molecule has 3 aliphatic heterocycles. The lowest BCUT2D eigenvalue weighted by Gasteiger charge is -2.26. The quantitative estimate of drug-likeness (QED) is 0.287. The van der Waals surface area contributed by atoms with E-state index >= 15 is 4.39 Å². The average molecular weight is 641 g/mol. The summed E-state index contributed by atoms with van der Waals surface area (Å²) in [4.78, 5) is 13.6. The molecule has 230 valence electrons. The van der Waals surface area contributed by atoms with E-state index in [0.29, 0.717) is 0 Å². The maximum absolute atomic E-state index is 16.9. The Bertz CT molecular complexity index is 1850. The summed E-state index contributed by atoms with van der Waals surface area (Å²) in [6, 6.07) is 4.78. The molecule has 2 fully saturated rings. The van der Waals surface area contributed by atoms with E-state index in [-0.39, 0.29) is 96.1 Å². The molecular formula is C31H31ClF2N6O3S. The number of anilines is 1. The zero-order valence-electron chi connectivity index (χ0n) is 24.5. The number of nitrogens with two attached hydrogens (primary N) is 1. The number of hydrogen-bond acceptors (Lipinski definition) is 10. The van der Waals surface area contributed by atoms with Crippen LogP contribution in [0.3, 0.4) is 0 Å². The van der Waals surface area contributed by atoms with Crippen LogP contribution in [0.2, 0.25) is 5.02 Å². The minimum absolute atomic E-state index is 0.0237. The Labute approximate surface area is 262 Å². The molecule has 0 bridgehead atoms. The summed E-state index contributed by atoms with van der Waals surface area (Å²) in [6.07, 6.45) is 2.27. The molecule has 0 radical (unpaired) electrons. The van der Waals surface area contributed by atoms with Gasteiger partial charge in [-0.2, -0.15) is 15.2 Å². The Hall–Kier alpha value is -3.50. The number of ether oxygens (including phenoxy) is 3. The van der Waals surface area contributed by atoms with Crippen LogP contribution >= 0.6 is 22.9 Å². The summed E-state index contributed by atoms with van der Waals surface area (Å²) in [5.74, 6) is -0.908. The number of hydrogen-bond donors (Lipinski definition) is 1. The largest absolute Gasteiger partial charge is 0.487 e. The Morgan fingerprint density at radius 3 is 2.73 bits per heavy atom. The van der Waals surface area contributed by atoms with E-state index in [2.05, 4.69) is 26.8 Å². The van der Waals surface area contributed by atoms with Gasteiger partial charge in [-0.3, -0.25) is 4.90 Å². The van der Waals surface area contributed by atoms with Crippen molar-refractivity contribution < 1.29 is 23.0 Å². The average Bonchev–Trinajstić information content (AvgIpc) is 3.68. The van der Waals surface area contributed by atoms with Gasteiger partial charge in [0, 0.05) is 29.5 Å². The van der Waals surface area contributed by atoms with Crippen LogP contribution in [0.4, 0.5) is 13.8 Å². The fourth-order valence-corrected chi connectivity index (χ4v) is 8.15. The van der Waals surface area contributed by atoms with Crippen LogP contribution in [0.25, 0.3) is 32.1 Å². The zero-order chi connectivity index (χ0) is 30.9. The van der Waals surface area contributed by atoms with Crippen molar-refractivity contribution in [1.82, 2.24) is 19.8 Å². The number of halogens is 3. The highest BCUT2D eigenvalue weighted by atomic mass is 35.5. The van der Waals surface area contributed by atoms with Gasteiger partial charge in [-0.05, 0) is 65.0 Å². The van der Waals surface area contributed by atoms with Gasteiger partial charge in [0.05, 0.1) is 15.3 Å². The number of benzene rings is 2. The summed E-state index contributed by atoms with van der Waals surface area (Å²) in [6.45, 7) is 4.80. The second-order valence-electron chi connectivity index (χ2n) is 11.9. The number of thiophene rings is 1. The number of nitrogen functional groups attached to an aromatic ring is 1. The lowest BCUT2D eigenvalue weighted by Crippen LogP contribution is -2.38. The van der Waals surface area contributed by atoms with Crippen LogP contribution < -0.4 is 19.9 Å². The Kier molecular flexibility index (Phi) is 7.40. The Morgan fingerprint density at radius 2 is 2.02 bits per heavy atom. The number of fused-ring (bicyclic) bond motifs is 1. The number of aromatic nitrogens is 2. The molecule has 2 N–H and O–H groups in total. The molecule has 2 aromatic carbocycles.